The van der Waals surface area contributed by atoms with Crippen LogP contribution in [0.4, 0.5) is 0 Å². The maximum atomic E-state index is 4.55. The molecule has 2 aromatic rings. The van der Waals surface area contributed by atoms with Crippen LogP contribution >= 0.6 is 11.3 Å². The molecule has 0 amide bonds. The first-order valence-electron chi connectivity index (χ1n) is 6.08. The van der Waals surface area contributed by atoms with E-state index in [4.69, 9.17) is 0 Å². The molecule has 0 spiro atoms. The zero-order valence-electron chi connectivity index (χ0n) is 11.0. The van der Waals surface area contributed by atoms with Crippen LogP contribution in [0.5, 0.6) is 0 Å². The molecule has 2 aromatic heterocycles. The molecule has 4 heteroatoms. The molecule has 2 rings (SSSR count). The van der Waals surface area contributed by atoms with Crippen LogP contribution in [-0.2, 0) is 6.54 Å². The molecule has 17 heavy (non-hydrogen) atoms. The van der Waals surface area contributed by atoms with Crippen molar-refractivity contribution in [2.45, 2.75) is 34.2 Å². The van der Waals surface area contributed by atoms with Crippen LogP contribution < -0.4 is 5.32 Å². The summed E-state index contributed by atoms with van der Waals surface area (Å²) in [7, 11) is 0. The van der Waals surface area contributed by atoms with Gasteiger partial charge in [0.2, 0.25) is 0 Å². The third-order valence-corrected chi connectivity index (χ3v) is 4.15. The summed E-state index contributed by atoms with van der Waals surface area (Å²) in [6, 6.07) is 0. The van der Waals surface area contributed by atoms with Crippen molar-refractivity contribution < 1.29 is 0 Å². The van der Waals surface area contributed by atoms with Crippen molar-refractivity contribution in [3.8, 4) is 0 Å². The zero-order chi connectivity index (χ0) is 12.5. The van der Waals surface area contributed by atoms with Crippen molar-refractivity contribution in [1.29, 1.82) is 0 Å². The second kappa shape index (κ2) is 4.78. The average Bonchev–Trinajstić information content (AvgIpc) is 2.75. The van der Waals surface area contributed by atoms with E-state index in [1.807, 2.05) is 6.20 Å². The molecule has 1 unspecified atom stereocenters. The number of aromatic nitrogens is 2. The molecule has 0 bridgehead atoms. The Hall–Kier alpha value is -0.870. The first kappa shape index (κ1) is 12.6. The highest BCUT2D eigenvalue weighted by atomic mass is 32.1. The summed E-state index contributed by atoms with van der Waals surface area (Å²) in [5, 5.41) is 5.54. The minimum absolute atomic E-state index is 0.363. The number of hydrogen-bond acceptors (Lipinski definition) is 3. The van der Waals surface area contributed by atoms with Crippen LogP contribution in [0.25, 0.3) is 4.96 Å². The molecular formula is C13H21N3S. The van der Waals surface area contributed by atoms with Gasteiger partial charge in [0, 0.05) is 24.3 Å². The standard InChI is InChI=1S/C13H21N3S/c1-10(13(2,3)4)7-14-8-11-9-16-5-6-17-12(16)15-11/h5-6,9-10,14H,7-8H2,1-4H3. The summed E-state index contributed by atoms with van der Waals surface area (Å²) < 4.78 is 2.08. The first-order valence-corrected chi connectivity index (χ1v) is 6.96. The van der Waals surface area contributed by atoms with Crippen LogP contribution in [0.3, 0.4) is 0 Å². The van der Waals surface area contributed by atoms with Crippen molar-refractivity contribution in [3.63, 3.8) is 0 Å². The Morgan fingerprint density at radius 2 is 2.24 bits per heavy atom. The summed E-state index contributed by atoms with van der Waals surface area (Å²) in [6.45, 7) is 11.0. The van der Waals surface area contributed by atoms with Crippen molar-refractivity contribution in [2.24, 2.45) is 11.3 Å². The molecule has 1 N–H and O–H groups in total. The smallest absolute Gasteiger partial charge is 0.193 e. The molecule has 0 aliphatic carbocycles. The number of hydrogen-bond donors (Lipinski definition) is 1. The maximum absolute atomic E-state index is 4.55. The molecule has 0 radical (unpaired) electrons. The Kier molecular flexibility index (Phi) is 3.54. The SMILES string of the molecule is CC(CNCc1cn2ccsc2n1)C(C)(C)C. The monoisotopic (exact) mass is 251 g/mol. The van der Waals surface area contributed by atoms with Crippen molar-refractivity contribution in [2.75, 3.05) is 6.54 Å². The largest absolute Gasteiger partial charge is 0.311 e. The van der Waals surface area contributed by atoms with Crippen molar-refractivity contribution in [3.05, 3.63) is 23.5 Å². The highest BCUT2D eigenvalue weighted by Crippen LogP contribution is 2.24. The number of nitrogens with zero attached hydrogens (tertiary/aromatic N) is 2. The van der Waals surface area contributed by atoms with E-state index in [1.165, 1.54) is 0 Å². The van der Waals surface area contributed by atoms with Gasteiger partial charge in [-0.2, -0.15) is 0 Å². The maximum Gasteiger partial charge on any atom is 0.193 e. The molecule has 0 fully saturated rings. The second-order valence-corrected chi connectivity index (χ2v) is 6.60. The average molecular weight is 251 g/mol. The van der Waals surface area contributed by atoms with Gasteiger partial charge in [0.15, 0.2) is 4.96 Å². The van der Waals surface area contributed by atoms with Gasteiger partial charge in [0.05, 0.1) is 5.69 Å². The van der Waals surface area contributed by atoms with E-state index in [0.717, 1.165) is 23.7 Å². The van der Waals surface area contributed by atoms with Gasteiger partial charge in [0.25, 0.3) is 0 Å². The van der Waals surface area contributed by atoms with Gasteiger partial charge >= 0.3 is 0 Å². The zero-order valence-corrected chi connectivity index (χ0v) is 11.8. The predicted molar refractivity (Wildman–Crippen MR) is 73.4 cm³/mol. The Balaban J connectivity index is 1.85. The topological polar surface area (TPSA) is 29.3 Å². The normalized spacial score (nSPS) is 14.4. The molecule has 0 aliphatic rings. The van der Waals surface area contributed by atoms with E-state index in [0.29, 0.717) is 11.3 Å². The summed E-state index contributed by atoms with van der Waals surface area (Å²) in [5.74, 6) is 0.659. The Morgan fingerprint density at radius 1 is 1.47 bits per heavy atom. The minimum Gasteiger partial charge on any atom is -0.311 e. The number of fused-ring (bicyclic) bond motifs is 1. The number of imidazole rings is 1. The molecule has 0 aromatic carbocycles. The quantitative estimate of drug-likeness (QED) is 0.904. The minimum atomic E-state index is 0.363. The van der Waals surface area contributed by atoms with Crippen molar-refractivity contribution >= 4 is 16.3 Å². The molecule has 0 saturated heterocycles. The third kappa shape index (κ3) is 3.07. The van der Waals surface area contributed by atoms with E-state index in [-0.39, 0.29) is 0 Å². The molecule has 94 valence electrons. The summed E-state index contributed by atoms with van der Waals surface area (Å²) in [5.41, 5.74) is 1.49. The fourth-order valence-electron chi connectivity index (χ4n) is 1.58. The Morgan fingerprint density at radius 3 is 2.88 bits per heavy atom. The highest BCUT2D eigenvalue weighted by Gasteiger charge is 2.19. The van der Waals surface area contributed by atoms with Crippen LogP contribution in [0.1, 0.15) is 33.4 Å². The molecule has 0 aliphatic heterocycles. The summed E-state index contributed by atoms with van der Waals surface area (Å²) in [6.07, 6.45) is 4.15. The summed E-state index contributed by atoms with van der Waals surface area (Å²) >= 11 is 1.68. The van der Waals surface area contributed by atoms with Crippen LogP contribution in [0.15, 0.2) is 17.8 Å². The number of rotatable bonds is 4. The van der Waals surface area contributed by atoms with Gasteiger partial charge in [-0.3, -0.25) is 4.40 Å². The third-order valence-electron chi connectivity index (χ3n) is 3.38. The molecule has 2 heterocycles. The number of thiazole rings is 1. The predicted octanol–water partition coefficient (Wildman–Crippen LogP) is 3.17. The fraction of sp³-hybridized carbons (Fsp3) is 0.615. The number of nitrogens with one attached hydrogen (secondary N) is 1. The van der Waals surface area contributed by atoms with E-state index in [1.54, 1.807) is 11.3 Å². The van der Waals surface area contributed by atoms with Gasteiger partial charge in [-0.25, -0.2) is 4.98 Å². The van der Waals surface area contributed by atoms with Gasteiger partial charge in [-0.1, -0.05) is 27.7 Å². The van der Waals surface area contributed by atoms with Gasteiger partial charge < -0.3 is 5.32 Å². The highest BCUT2D eigenvalue weighted by molar-refractivity contribution is 7.15. The Bertz CT molecular complexity index is 450. The lowest BCUT2D eigenvalue weighted by Crippen LogP contribution is -2.29. The van der Waals surface area contributed by atoms with Crippen LogP contribution in [-0.4, -0.2) is 15.9 Å². The summed E-state index contributed by atoms with van der Waals surface area (Å²) in [4.78, 5) is 5.63. The van der Waals surface area contributed by atoms with E-state index in [9.17, 15) is 0 Å². The molecular weight excluding hydrogens is 230 g/mol. The van der Waals surface area contributed by atoms with Gasteiger partial charge in [-0.05, 0) is 17.9 Å². The van der Waals surface area contributed by atoms with Gasteiger partial charge in [0.1, 0.15) is 0 Å². The lowest BCUT2D eigenvalue weighted by atomic mass is 9.82. The lowest BCUT2D eigenvalue weighted by Gasteiger charge is -2.27. The second-order valence-electron chi connectivity index (χ2n) is 5.72. The Labute approximate surface area is 107 Å². The van der Waals surface area contributed by atoms with E-state index < -0.39 is 0 Å². The van der Waals surface area contributed by atoms with E-state index in [2.05, 4.69) is 54.0 Å². The van der Waals surface area contributed by atoms with Gasteiger partial charge in [-0.15, -0.1) is 11.3 Å². The van der Waals surface area contributed by atoms with Crippen LogP contribution in [0, 0.1) is 11.3 Å². The molecule has 3 nitrogen and oxygen atoms in total. The first-order chi connectivity index (χ1) is 7.97. The van der Waals surface area contributed by atoms with Crippen LogP contribution in [0.2, 0.25) is 0 Å². The molecule has 0 saturated carbocycles. The van der Waals surface area contributed by atoms with E-state index >= 15 is 0 Å². The van der Waals surface area contributed by atoms with Crippen molar-refractivity contribution in [1.82, 2.24) is 14.7 Å². The lowest BCUT2D eigenvalue weighted by molar-refractivity contribution is 0.252. The molecule has 1 atom stereocenters. The fourth-order valence-corrected chi connectivity index (χ4v) is 2.30.